The number of sulfonamides is 1. The molecule has 0 heterocycles. The molecule has 0 aliphatic carbocycles. The van der Waals surface area contributed by atoms with Gasteiger partial charge in [-0.05, 0) is 37.6 Å². The van der Waals surface area contributed by atoms with Gasteiger partial charge in [-0.2, -0.15) is 0 Å². The van der Waals surface area contributed by atoms with E-state index in [1.165, 1.54) is 32.4 Å². The maximum Gasteiger partial charge on any atom is 0.266 e. The Hall–Kier alpha value is -2.58. The number of amides is 1. The van der Waals surface area contributed by atoms with Crippen molar-refractivity contribution in [3.8, 4) is 11.5 Å². The number of rotatable bonds is 6. The molecule has 0 saturated carbocycles. The number of hydrazine groups is 1. The van der Waals surface area contributed by atoms with Crippen LogP contribution in [0.25, 0.3) is 0 Å². The highest BCUT2D eigenvalue weighted by Gasteiger charge is 2.19. The van der Waals surface area contributed by atoms with Crippen molar-refractivity contribution in [2.75, 3.05) is 14.2 Å². The first-order valence-electron chi connectivity index (χ1n) is 7.40. The molecule has 0 bridgehead atoms. The molecule has 0 aliphatic heterocycles. The highest BCUT2D eigenvalue weighted by molar-refractivity contribution is 7.89. The van der Waals surface area contributed by atoms with Crippen LogP contribution in [0.15, 0.2) is 41.3 Å². The van der Waals surface area contributed by atoms with E-state index in [2.05, 4.69) is 10.3 Å². The molecule has 2 N–H and O–H groups in total. The molecule has 134 valence electrons. The van der Waals surface area contributed by atoms with Crippen LogP contribution in [0.4, 0.5) is 0 Å². The molecule has 0 aliphatic rings. The molecule has 2 aromatic rings. The van der Waals surface area contributed by atoms with Crippen molar-refractivity contribution in [1.29, 1.82) is 0 Å². The van der Waals surface area contributed by atoms with E-state index in [0.29, 0.717) is 11.3 Å². The van der Waals surface area contributed by atoms with Crippen LogP contribution in [0, 0.1) is 13.8 Å². The number of carbonyl (C=O) groups excluding carboxylic acids is 1. The summed E-state index contributed by atoms with van der Waals surface area (Å²) in [6.45, 7) is 3.69. The summed E-state index contributed by atoms with van der Waals surface area (Å²) in [7, 11) is -1.10. The van der Waals surface area contributed by atoms with Crippen LogP contribution in [0.5, 0.6) is 11.5 Å². The van der Waals surface area contributed by atoms with Crippen LogP contribution in [-0.4, -0.2) is 28.5 Å². The monoisotopic (exact) mass is 364 g/mol. The first-order chi connectivity index (χ1) is 11.8. The Kier molecular flexibility index (Phi) is 5.66. The van der Waals surface area contributed by atoms with Gasteiger partial charge in [-0.25, -0.2) is 8.42 Å². The predicted octanol–water partition coefficient (Wildman–Crippen LogP) is 1.94. The number of carbonyl (C=O) groups is 1. The van der Waals surface area contributed by atoms with Gasteiger partial charge in [0.15, 0.2) is 11.5 Å². The maximum absolute atomic E-state index is 12.4. The Labute approximate surface area is 147 Å². The fourth-order valence-electron chi connectivity index (χ4n) is 2.29. The van der Waals surface area contributed by atoms with Gasteiger partial charge in [0.25, 0.3) is 15.9 Å². The predicted molar refractivity (Wildman–Crippen MR) is 93.2 cm³/mol. The van der Waals surface area contributed by atoms with Crippen molar-refractivity contribution in [2.45, 2.75) is 18.7 Å². The maximum atomic E-state index is 12.4. The standard InChI is InChI=1S/C17H20N2O5S/c1-11-5-7-14(12(2)9-11)17(20)18-19-25(21,22)13-6-8-15(23-3)16(10-13)24-4/h5-10,19H,1-4H3,(H,18,20). The molecule has 0 spiro atoms. The van der Waals surface area contributed by atoms with Crippen LogP contribution >= 0.6 is 0 Å². The summed E-state index contributed by atoms with van der Waals surface area (Å²) in [4.78, 5) is 14.2. The highest BCUT2D eigenvalue weighted by Crippen LogP contribution is 2.29. The van der Waals surface area contributed by atoms with Gasteiger partial charge in [0, 0.05) is 11.6 Å². The third-order valence-electron chi connectivity index (χ3n) is 3.59. The van der Waals surface area contributed by atoms with Crippen LogP contribution < -0.4 is 19.7 Å². The summed E-state index contributed by atoms with van der Waals surface area (Å²) in [5.74, 6) is 0.133. The third-order valence-corrected chi connectivity index (χ3v) is 4.84. The van der Waals surface area contributed by atoms with Gasteiger partial charge >= 0.3 is 0 Å². The lowest BCUT2D eigenvalue weighted by atomic mass is 10.1. The van der Waals surface area contributed by atoms with Gasteiger partial charge < -0.3 is 9.47 Å². The Morgan fingerprint density at radius 1 is 0.960 bits per heavy atom. The van der Waals surface area contributed by atoms with Gasteiger partial charge in [-0.3, -0.25) is 10.2 Å². The summed E-state index contributed by atoms with van der Waals surface area (Å²) >= 11 is 0. The summed E-state index contributed by atoms with van der Waals surface area (Å²) < 4.78 is 34.9. The fraction of sp³-hybridized carbons (Fsp3) is 0.235. The highest BCUT2D eigenvalue weighted by atomic mass is 32.2. The van der Waals surface area contributed by atoms with Crippen molar-refractivity contribution in [3.05, 3.63) is 53.1 Å². The lowest BCUT2D eigenvalue weighted by Gasteiger charge is -2.12. The molecule has 25 heavy (non-hydrogen) atoms. The van der Waals surface area contributed by atoms with E-state index in [-0.39, 0.29) is 10.6 Å². The van der Waals surface area contributed by atoms with Crippen LogP contribution in [0.2, 0.25) is 0 Å². The Morgan fingerprint density at radius 2 is 1.64 bits per heavy atom. The average molecular weight is 364 g/mol. The van der Waals surface area contributed by atoms with Crippen LogP contribution in [0.1, 0.15) is 21.5 Å². The van der Waals surface area contributed by atoms with Crippen molar-refractivity contribution >= 4 is 15.9 Å². The fourth-order valence-corrected chi connectivity index (χ4v) is 3.15. The molecule has 0 atom stereocenters. The first-order valence-corrected chi connectivity index (χ1v) is 8.88. The molecule has 1 amide bonds. The van der Waals surface area contributed by atoms with Crippen molar-refractivity contribution in [3.63, 3.8) is 0 Å². The molecule has 0 fully saturated rings. The largest absolute Gasteiger partial charge is 0.493 e. The summed E-state index contributed by atoms with van der Waals surface area (Å²) in [6.07, 6.45) is 0. The second-order valence-corrected chi connectivity index (χ2v) is 7.08. The molecular formula is C17H20N2O5S. The van der Waals surface area contributed by atoms with E-state index >= 15 is 0 Å². The SMILES string of the molecule is COc1ccc(S(=O)(=O)NNC(=O)c2ccc(C)cc2C)cc1OC. The topological polar surface area (TPSA) is 93.7 Å². The van der Waals surface area contributed by atoms with Crippen LogP contribution in [-0.2, 0) is 10.0 Å². The molecule has 0 unspecified atom stereocenters. The van der Waals surface area contributed by atoms with E-state index in [1.54, 1.807) is 19.1 Å². The number of hydrogen-bond donors (Lipinski definition) is 2. The van der Waals surface area contributed by atoms with E-state index in [1.807, 2.05) is 13.0 Å². The van der Waals surface area contributed by atoms with Gasteiger partial charge in [0.2, 0.25) is 0 Å². The normalized spacial score (nSPS) is 11.0. The zero-order chi connectivity index (χ0) is 18.6. The minimum absolute atomic E-state index is 0.0638. The van der Waals surface area contributed by atoms with Gasteiger partial charge in [-0.1, -0.05) is 17.7 Å². The molecule has 2 rings (SSSR count). The van der Waals surface area contributed by atoms with E-state index in [0.717, 1.165) is 11.1 Å². The Balaban J connectivity index is 2.17. The van der Waals surface area contributed by atoms with Crippen molar-refractivity contribution < 1.29 is 22.7 Å². The van der Waals surface area contributed by atoms with Gasteiger partial charge in [0.05, 0.1) is 19.1 Å². The molecule has 0 radical (unpaired) electrons. The van der Waals surface area contributed by atoms with Crippen molar-refractivity contribution in [1.82, 2.24) is 10.3 Å². The number of ether oxygens (including phenoxy) is 2. The van der Waals surface area contributed by atoms with Gasteiger partial charge in [0.1, 0.15) is 0 Å². The molecule has 2 aromatic carbocycles. The first kappa shape index (κ1) is 18.8. The lowest BCUT2D eigenvalue weighted by Crippen LogP contribution is -2.41. The zero-order valence-electron chi connectivity index (χ0n) is 14.4. The number of hydrogen-bond acceptors (Lipinski definition) is 5. The molecule has 8 heteroatoms. The second kappa shape index (κ2) is 7.54. The minimum Gasteiger partial charge on any atom is -0.493 e. The summed E-state index contributed by atoms with van der Waals surface area (Å²) in [5, 5.41) is 0. The minimum atomic E-state index is -3.96. The second-order valence-electron chi connectivity index (χ2n) is 5.39. The summed E-state index contributed by atoms with van der Waals surface area (Å²) in [5.41, 5.74) is 4.37. The zero-order valence-corrected chi connectivity index (χ0v) is 15.2. The molecule has 0 aromatic heterocycles. The lowest BCUT2D eigenvalue weighted by molar-refractivity contribution is 0.0944. The summed E-state index contributed by atoms with van der Waals surface area (Å²) in [6, 6.07) is 9.41. The number of benzene rings is 2. The average Bonchev–Trinajstić information content (AvgIpc) is 2.59. The number of nitrogens with one attached hydrogen (secondary N) is 2. The number of methoxy groups -OCH3 is 2. The van der Waals surface area contributed by atoms with E-state index < -0.39 is 15.9 Å². The third kappa shape index (κ3) is 4.28. The smallest absolute Gasteiger partial charge is 0.266 e. The van der Waals surface area contributed by atoms with Crippen LogP contribution in [0.3, 0.4) is 0 Å². The molecule has 7 nitrogen and oxygen atoms in total. The van der Waals surface area contributed by atoms with Gasteiger partial charge in [-0.15, -0.1) is 4.83 Å². The Morgan fingerprint density at radius 3 is 2.24 bits per heavy atom. The molecular weight excluding hydrogens is 344 g/mol. The Bertz CT molecular complexity index is 894. The van der Waals surface area contributed by atoms with Crippen molar-refractivity contribution in [2.24, 2.45) is 0 Å². The number of aryl methyl sites for hydroxylation is 2. The molecule has 0 saturated heterocycles. The van der Waals surface area contributed by atoms with E-state index in [9.17, 15) is 13.2 Å². The van der Waals surface area contributed by atoms with E-state index in [4.69, 9.17) is 9.47 Å². The quantitative estimate of drug-likeness (QED) is 0.764.